The lowest BCUT2D eigenvalue weighted by Gasteiger charge is -2.55. The molecule has 3 heterocycles. The lowest BCUT2D eigenvalue weighted by molar-refractivity contribution is -0.135. The highest BCUT2D eigenvalue weighted by Crippen LogP contribution is 2.45. The number of para-hydroxylation sites is 1. The molecule has 3 fully saturated rings. The molecule has 5 nitrogen and oxygen atoms in total. The summed E-state index contributed by atoms with van der Waals surface area (Å²) in [4.78, 5) is 27.9. The average Bonchev–Trinajstić information content (AvgIpc) is 3.27. The number of hydrogen-bond acceptors (Lipinski definition) is 4. The van der Waals surface area contributed by atoms with Crippen molar-refractivity contribution >= 4 is 22.7 Å². The summed E-state index contributed by atoms with van der Waals surface area (Å²) in [6, 6.07) is 10.3. The Kier molecular flexibility index (Phi) is 7.62. The number of benzene rings is 1. The summed E-state index contributed by atoms with van der Waals surface area (Å²) < 4.78 is 7.07. The van der Waals surface area contributed by atoms with Gasteiger partial charge in [-0.15, -0.1) is 0 Å². The van der Waals surface area contributed by atoms with E-state index in [0.29, 0.717) is 29.6 Å². The van der Waals surface area contributed by atoms with Crippen molar-refractivity contribution < 1.29 is 14.3 Å². The third-order valence-electron chi connectivity index (χ3n) is 9.22. The van der Waals surface area contributed by atoms with E-state index in [0.717, 1.165) is 29.8 Å². The van der Waals surface area contributed by atoms with Crippen LogP contribution >= 0.6 is 0 Å². The van der Waals surface area contributed by atoms with Crippen LogP contribution in [0, 0.1) is 5.92 Å². The summed E-state index contributed by atoms with van der Waals surface area (Å²) in [5.41, 5.74) is 1.53. The van der Waals surface area contributed by atoms with E-state index in [1.807, 2.05) is 24.4 Å². The maximum absolute atomic E-state index is 12.8. The second-order valence-electron chi connectivity index (χ2n) is 11.3. The number of fused-ring (bicyclic) bond motifs is 3. The van der Waals surface area contributed by atoms with E-state index < -0.39 is 11.8 Å². The number of esters is 1. The van der Waals surface area contributed by atoms with E-state index in [1.54, 1.807) is 0 Å². The number of piperidine rings is 2. The second kappa shape index (κ2) is 10.9. The Morgan fingerprint density at radius 1 is 0.829 bits per heavy atom. The van der Waals surface area contributed by atoms with Crippen LogP contribution in [0.1, 0.15) is 107 Å². The Morgan fingerprint density at radius 2 is 1.51 bits per heavy atom. The molecule has 2 aliphatic heterocycles. The van der Waals surface area contributed by atoms with Crippen LogP contribution in [0.3, 0.4) is 0 Å². The number of methoxy groups -OCH3 is 1. The molecule has 1 aliphatic carbocycles. The van der Waals surface area contributed by atoms with Crippen molar-refractivity contribution in [3.63, 3.8) is 0 Å². The van der Waals surface area contributed by atoms with Gasteiger partial charge in [-0.25, -0.2) is 4.79 Å². The lowest BCUT2D eigenvalue weighted by Crippen LogP contribution is -2.59. The topological polar surface area (TPSA) is 51.5 Å². The molecule has 4 unspecified atom stereocenters. The molecule has 2 saturated heterocycles. The molecule has 4 atom stereocenters. The number of aromatic nitrogens is 1. The highest BCUT2D eigenvalue weighted by Gasteiger charge is 2.45. The SMILES string of the molecule is COC(=O)C(=O)c1cn(C2CC3CCC(C)C(C2)N3C2CCCCCCCCC2)c2ccccc12. The summed E-state index contributed by atoms with van der Waals surface area (Å²) in [7, 11) is 1.27. The second-order valence-corrected chi connectivity index (χ2v) is 11.3. The molecule has 190 valence electrons. The minimum Gasteiger partial charge on any atom is -0.463 e. The van der Waals surface area contributed by atoms with Crippen LogP contribution in [0.25, 0.3) is 10.9 Å². The molecule has 2 bridgehead atoms. The molecule has 5 rings (SSSR count). The first-order valence-corrected chi connectivity index (χ1v) is 14.1. The maximum Gasteiger partial charge on any atom is 0.379 e. The van der Waals surface area contributed by atoms with Gasteiger partial charge in [-0.3, -0.25) is 9.69 Å². The van der Waals surface area contributed by atoms with Crippen molar-refractivity contribution in [3.8, 4) is 0 Å². The van der Waals surface area contributed by atoms with E-state index in [1.165, 1.54) is 77.7 Å². The third-order valence-corrected chi connectivity index (χ3v) is 9.22. The minimum absolute atomic E-state index is 0.354. The highest BCUT2D eigenvalue weighted by molar-refractivity contribution is 6.43. The molecule has 0 spiro atoms. The van der Waals surface area contributed by atoms with Gasteiger partial charge in [-0.1, -0.05) is 70.1 Å². The summed E-state index contributed by atoms with van der Waals surface area (Å²) >= 11 is 0. The maximum atomic E-state index is 12.8. The van der Waals surface area contributed by atoms with E-state index in [4.69, 9.17) is 4.74 Å². The summed E-state index contributed by atoms with van der Waals surface area (Å²) in [6.45, 7) is 2.45. The molecule has 5 heteroatoms. The Morgan fingerprint density at radius 3 is 2.23 bits per heavy atom. The van der Waals surface area contributed by atoms with Gasteiger partial charge in [-0.2, -0.15) is 0 Å². The average molecular weight is 479 g/mol. The first-order valence-electron chi connectivity index (χ1n) is 14.1. The van der Waals surface area contributed by atoms with E-state index in [-0.39, 0.29) is 0 Å². The normalized spacial score (nSPS) is 29.1. The Balaban J connectivity index is 1.43. The first-order chi connectivity index (χ1) is 17.1. The summed E-state index contributed by atoms with van der Waals surface area (Å²) in [5.74, 6) is -0.637. The highest BCUT2D eigenvalue weighted by atomic mass is 16.5. The standard InChI is InChI=1S/C30H42N2O3/c1-21-16-17-23-18-24(19-28(21)32(23)22-12-8-6-4-3-5-7-9-13-22)31-20-26(29(33)30(34)35-2)25-14-10-11-15-27(25)31/h10-11,14-15,20-24,28H,3-9,12-13,16-19H2,1-2H3. The molecule has 2 aromatic rings. The van der Waals surface area contributed by atoms with Crippen LogP contribution in [0.15, 0.2) is 30.5 Å². The first kappa shape index (κ1) is 24.5. The fraction of sp³-hybridized carbons (Fsp3) is 0.667. The smallest absolute Gasteiger partial charge is 0.379 e. The molecule has 1 aromatic heterocycles. The zero-order valence-electron chi connectivity index (χ0n) is 21.6. The van der Waals surface area contributed by atoms with Crippen molar-refractivity contribution in [1.82, 2.24) is 9.47 Å². The zero-order valence-corrected chi connectivity index (χ0v) is 21.6. The fourth-order valence-electron chi connectivity index (χ4n) is 7.42. The number of ketones is 1. The van der Waals surface area contributed by atoms with Crippen LogP contribution in [-0.4, -0.2) is 46.5 Å². The van der Waals surface area contributed by atoms with Crippen LogP contribution in [0.5, 0.6) is 0 Å². The largest absolute Gasteiger partial charge is 0.463 e. The molecule has 0 amide bonds. The van der Waals surface area contributed by atoms with Gasteiger partial charge in [-0.05, 0) is 50.5 Å². The molecule has 35 heavy (non-hydrogen) atoms. The molecule has 1 saturated carbocycles. The van der Waals surface area contributed by atoms with E-state index in [2.05, 4.69) is 22.5 Å². The van der Waals surface area contributed by atoms with Crippen molar-refractivity contribution in [2.45, 2.75) is 115 Å². The van der Waals surface area contributed by atoms with Crippen LogP contribution < -0.4 is 0 Å². The number of hydrogen-bond donors (Lipinski definition) is 0. The summed E-state index contributed by atoms with van der Waals surface area (Å²) in [5, 5.41) is 0.857. The Bertz CT molecular complexity index is 1030. The van der Waals surface area contributed by atoms with Gasteiger partial charge < -0.3 is 9.30 Å². The van der Waals surface area contributed by atoms with Crippen molar-refractivity contribution in [2.75, 3.05) is 7.11 Å². The monoisotopic (exact) mass is 478 g/mol. The Labute approximate surface area is 210 Å². The Hall–Kier alpha value is -2.14. The van der Waals surface area contributed by atoms with Gasteiger partial charge in [0.15, 0.2) is 0 Å². The number of ether oxygens (including phenoxy) is 1. The number of nitrogens with zero attached hydrogens (tertiary/aromatic N) is 2. The van der Waals surface area contributed by atoms with Crippen molar-refractivity contribution in [1.29, 1.82) is 0 Å². The van der Waals surface area contributed by atoms with Gasteiger partial charge in [0.05, 0.1) is 12.7 Å². The number of Topliss-reactive ketones (excluding diaryl/α,β-unsaturated/α-hetero) is 1. The summed E-state index contributed by atoms with van der Waals surface area (Å²) in [6.07, 6.45) is 19.3. The van der Waals surface area contributed by atoms with Gasteiger partial charge in [0.2, 0.25) is 0 Å². The zero-order chi connectivity index (χ0) is 24.4. The molecule has 1 aromatic carbocycles. The molecular weight excluding hydrogens is 436 g/mol. The predicted octanol–water partition coefficient (Wildman–Crippen LogP) is 6.69. The van der Waals surface area contributed by atoms with Gasteiger partial charge in [0.25, 0.3) is 5.78 Å². The van der Waals surface area contributed by atoms with E-state index in [9.17, 15) is 9.59 Å². The van der Waals surface area contributed by atoms with Crippen LogP contribution in [0.4, 0.5) is 0 Å². The van der Waals surface area contributed by atoms with Crippen molar-refractivity contribution in [3.05, 3.63) is 36.0 Å². The predicted molar refractivity (Wildman–Crippen MR) is 140 cm³/mol. The molecular formula is C30H42N2O3. The fourth-order valence-corrected chi connectivity index (χ4v) is 7.42. The quantitative estimate of drug-likeness (QED) is 0.279. The molecule has 0 N–H and O–H groups in total. The number of carbonyl (C=O) groups is 2. The van der Waals surface area contributed by atoms with Gasteiger partial charge >= 0.3 is 5.97 Å². The number of rotatable bonds is 4. The minimum atomic E-state index is -0.788. The van der Waals surface area contributed by atoms with Gasteiger partial charge in [0.1, 0.15) is 0 Å². The third kappa shape index (κ3) is 4.94. The number of carbonyl (C=O) groups excluding carboxylic acids is 2. The van der Waals surface area contributed by atoms with Crippen LogP contribution in [-0.2, 0) is 9.53 Å². The van der Waals surface area contributed by atoms with Crippen LogP contribution in [0.2, 0.25) is 0 Å². The lowest BCUT2D eigenvalue weighted by atomic mass is 9.74. The molecule has 3 aliphatic rings. The molecule has 0 radical (unpaired) electrons. The van der Waals surface area contributed by atoms with Crippen molar-refractivity contribution in [2.24, 2.45) is 5.92 Å². The van der Waals surface area contributed by atoms with E-state index >= 15 is 0 Å². The van der Waals surface area contributed by atoms with Gasteiger partial charge in [0, 0.05) is 41.3 Å².